The zero-order valence-corrected chi connectivity index (χ0v) is 13.9. The van der Waals surface area contributed by atoms with Gasteiger partial charge in [0.05, 0.1) is 13.2 Å². The van der Waals surface area contributed by atoms with Crippen molar-refractivity contribution in [2.45, 2.75) is 20.0 Å². The number of carbonyl (C=O) groups is 2. The third kappa shape index (κ3) is 16.0. The number of carbonyl (C=O) groups excluding carboxylic acids is 2. The van der Waals surface area contributed by atoms with Gasteiger partial charge in [0.15, 0.2) is 0 Å². The molecule has 0 radical (unpaired) electrons. The molecule has 0 aliphatic heterocycles. The molecule has 1 unspecified atom stereocenters. The maximum absolute atomic E-state index is 10.9. The van der Waals surface area contributed by atoms with Gasteiger partial charge in [-0.05, 0) is 13.8 Å². The molecule has 0 aromatic heterocycles. The highest BCUT2D eigenvalue weighted by Gasteiger charge is 2.08. The average Bonchev–Trinajstić information content (AvgIpc) is 2.50. The fourth-order valence-corrected chi connectivity index (χ4v) is 0.888. The summed E-state index contributed by atoms with van der Waals surface area (Å²) in [6.45, 7) is 17.5. The second-order valence-electron chi connectivity index (χ2n) is 4.53. The molecule has 130 valence electrons. The number of rotatable bonds is 10. The molecule has 0 saturated heterocycles. The molecule has 0 fully saturated rings. The van der Waals surface area contributed by atoms with Crippen molar-refractivity contribution in [1.82, 2.24) is 0 Å². The Hall–Kier alpha value is -2.18. The second kappa shape index (κ2) is 14.7. The minimum atomic E-state index is -0.807. The van der Waals surface area contributed by atoms with Crippen LogP contribution in [-0.4, -0.2) is 49.6 Å². The summed E-state index contributed by atoms with van der Waals surface area (Å²) in [5, 5.41) is 9.24. The maximum Gasteiger partial charge on any atom is 0.333 e. The van der Waals surface area contributed by atoms with Crippen LogP contribution in [0.1, 0.15) is 13.8 Å². The Morgan fingerprint density at radius 3 is 1.87 bits per heavy atom. The lowest BCUT2D eigenvalue weighted by molar-refractivity contribution is -0.143. The Balaban J connectivity index is 0. The van der Waals surface area contributed by atoms with Crippen molar-refractivity contribution in [1.29, 1.82) is 0 Å². The second-order valence-corrected chi connectivity index (χ2v) is 4.53. The average molecular weight is 326 g/mol. The SMILES string of the molecule is C=CCOC(=O)C(=C)C.C=CCOCC(O)COC(=O)C(=C)C. The van der Waals surface area contributed by atoms with Gasteiger partial charge in [-0.1, -0.05) is 31.9 Å². The van der Waals surface area contributed by atoms with Crippen LogP contribution in [0.5, 0.6) is 0 Å². The van der Waals surface area contributed by atoms with Crippen LogP contribution >= 0.6 is 0 Å². The van der Waals surface area contributed by atoms with Crippen LogP contribution < -0.4 is 0 Å². The van der Waals surface area contributed by atoms with E-state index in [0.717, 1.165) is 0 Å². The van der Waals surface area contributed by atoms with E-state index in [1.807, 2.05) is 0 Å². The van der Waals surface area contributed by atoms with Crippen LogP contribution in [0.2, 0.25) is 0 Å². The zero-order chi connectivity index (χ0) is 18.3. The van der Waals surface area contributed by atoms with Gasteiger partial charge < -0.3 is 19.3 Å². The molecule has 0 bridgehead atoms. The lowest BCUT2D eigenvalue weighted by atomic mass is 10.3. The van der Waals surface area contributed by atoms with Crippen LogP contribution in [0, 0.1) is 0 Å². The summed E-state index contributed by atoms with van der Waals surface area (Å²) in [5.41, 5.74) is 0.723. The molecule has 0 heterocycles. The first-order valence-corrected chi connectivity index (χ1v) is 6.89. The molecule has 1 N–H and O–H groups in total. The van der Waals surface area contributed by atoms with Crippen molar-refractivity contribution in [3.8, 4) is 0 Å². The third-order valence-electron chi connectivity index (χ3n) is 1.98. The highest BCUT2D eigenvalue weighted by atomic mass is 16.5. The summed E-state index contributed by atoms with van der Waals surface area (Å²) < 4.78 is 14.3. The van der Waals surface area contributed by atoms with Crippen LogP contribution in [-0.2, 0) is 23.8 Å². The summed E-state index contributed by atoms with van der Waals surface area (Å²) in [6, 6.07) is 0. The summed E-state index contributed by atoms with van der Waals surface area (Å²) in [7, 11) is 0. The lowest BCUT2D eigenvalue weighted by Gasteiger charge is -2.10. The first-order valence-electron chi connectivity index (χ1n) is 6.89. The van der Waals surface area contributed by atoms with Crippen molar-refractivity contribution in [2.24, 2.45) is 0 Å². The van der Waals surface area contributed by atoms with Gasteiger partial charge in [0, 0.05) is 11.1 Å². The van der Waals surface area contributed by atoms with E-state index < -0.39 is 12.1 Å². The molecule has 0 amide bonds. The van der Waals surface area contributed by atoms with Gasteiger partial charge in [-0.15, -0.1) is 6.58 Å². The van der Waals surface area contributed by atoms with Gasteiger partial charge in [0.25, 0.3) is 0 Å². The van der Waals surface area contributed by atoms with Gasteiger partial charge in [0.1, 0.15) is 19.3 Å². The van der Waals surface area contributed by atoms with E-state index in [9.17, 15) is 14.7 Å². The first kappa shape index (κ1) is 23.1. The normalized spacial score (nSPS) is 10.4. The highest BCUT2D eigenvalue weighted by Crippen LogP contribution is 1.94. The molecule has 0 saturated carbocycles. The van der Waals surface area contributed by atoms with Crippen LogP contribution in [0.15, 0.2) is 49.6 Å². The molecule has 23 heavy (non-hydrogen) atoms. The van der Waals surface area contributed by atoms with E-state index >= 15 is 0 Å². The fourth-order valence-electron chi connectivity index (χ4n) is 0.888. The van der Waals surface area contributed by atoms with Crippen molar-refractivity contribution < 1.29 is 28.9 Å². The molecule has 0 aromatic carbocycles. The molecule has 0 aliphatic rings. The number of hydrogen-bond donors (Lipinski definition) is 1. The molecular weight excluding hydrogens is 300 g/mol. The molecular formula is C17H26O6. The smallest absolute Gasteiger partial charge is 0.333 e. The molecule has 1 atom stereocenters. The summed E-state index contributed by atoms with van der Waals surface area (Å²) in [5.74, 6) is -0.873. The summed E-state index contributed by atoms with van der Waals surface area (Å²) >= 11 is 0. The number of aliphatic hydroxyl groups excluding tert-OH is 1. The molecule has 0 rings (SSSR count). The number of ether oxygens (including phenoxy) is 3. The van der Waals surface area contributed by atoms with E-state index in [1.54, 1.807) is 19.9 Å². The number of hydrogen-bond acceptors (Lipinski definition) is 6. The predicted octanol–water partition coefficient (Wildman–Crippen LogP) is 1.96. The minimum absolute atomic E-state index is 0.0805. The molecule has 6 heteroatoms. The van der Waals surface area contributed by atoms with Crippen LogP contribution in [0.4, 0.5) is 0 Å². The summed E-state index contributed by atoms with van der Waals surface area (Å²) in [4.78, 5) is 21.4. The first-order chi connectivity index (χ1) is 10.8. The lowest BCUT2D eigenvalue weighted by Crippen LogP contribution is -2.23. The van der Waals surface area contributed by atoms with Gasteiger partial charge >= 0.3 is 11.9 Å². The Morgan fingerprint density at radius 2 is 1.43 bits per heavy atom. The van der Waals surface area contributed by atoms with Gasteiger partial charge in [-0.25, -0.2) is 9.59 Å². The highest BCUT2D eigenvalue weighted by molar-refractivity contribution is 5.87. The topological polar surface area (TPSA) is 82.1 Å². The third-order valence-corrected chi connectivity index (χ3v) is 1.98. The molecule has 6 nitrogen and oxygen atoms in total. The number of aliphatic hydroxyl groups is 1. The Morgan fingerprint density at radius 1 is 0.957 bits per heavy atom. The van der Waals surface area contributed by atoms with Gasteiger partial charge in [-0.2, -0.15) is 0 Å². The van der Waals surface area contributed by atoms with E-state index in [0.29, 0.717) is 17.8 Å². The quantitative estimate of drug-likeness (QED) is 0.286. The van der Waals surface area contributed by atoms with Crippen molar-refractivity contribution >= 4 is 11.9 Å². The standard InChI is InChI=1S/C10H16O4.C7H10O2/c1-4-5-13-6-9(11)7-14-10(12)8(2)3;1-4-5-9-7(8)6(2)3/h4,9,11H,1-2,5-7H2,3H3;4H,1-2,5H2,3H3. The van der Waals surface area contributed by atoms with Crippen LogP contribution in [0.3, 0.4) is 0 Å². The van der Waals surface area contributed by atoms with E-state index in [1.165, 1.54) is 6.08 Å². The fraction of sp³-hybridized carbons (Fsp3) is 0.412. The monoisotopic (exact) mass is 326 g/mol. The van der Waals surface area contributed by atoms with Gasteiger partial charge in [-0.3, -0.25) is 0 Å². The number of esters is 2. The van der Waals surface area contributed by atoms with Crippen LogP contribution in [0.25, 0.3) is 0 Å². The summed E-state index contributed by atoms with van der Waals surface area (Å²) in [6.07, 6.45) is 2.28. The molecule has 0 aliphatic carbocycles. The predicted molar refractivity (Wildman–Crippen MR) is 88.8 cm³/mol. The van der Waals surface area contributed by atoms with E-state index in [4.69, 9.17) is 9.47 Å². The zero-order valence-electron chi connectivity index (χ0n) is 13.9. The van der Waals surface area contributed by atoms with E-state index in [2.05, 4.69) is 31.1 Å². The Kier molecular flexibility index (Phi) is 14.8. The molecule has 0 spiro atoms. The van der Waals surface area contributed by atoms with Crippen molar-refractivity contribution in [3.05, 3.63) is 49.6 Å². The maximum atomic E-state index is 10.9. The Labute approximate surface area is 137 Å². The minimum Gasteiger partial charge on any atom is -0.460 e. The van der Waals surface area contributed by atoms with Gasteiger partial charge in [0.2, 0.25) is 0 Å². The largest absolute Gasteiger partial charge is 0.460 e. The Bertz CT molecular complexity index is 425. The van der Waals surface area contributed by atoms with Crippen molar-refractivity contribution in [3.63, 3.8) is 0 Å². The van der Waals surface area contributed by atoms with Crippen molar-refractivity contribution in [2.75, 3.05) is 26.4 Å². The van der Waals surface area contributed by atoms with E-state index in [-0.39, 0.29) is 25.8 Å². The molecule has 0 aromatic rings.